The van der Waals surface area contributed by atoms with Crippen LogP contribution in [0.4, 0.5) is 11.4 Å². The molecule has 0 saturated carbocycles. The summed E-state index contributed by atoms with van der Waals surface area (Å²) < 4.78 is 5.32. The second-order valence-electron chi connectivity index (χ2n) is 4.94. The lowest BCUT2D eigenvalue weighted by atomic mass is 9.98. The summed E-state index contributed by atoms with van der Waals surface area (Å²) in [4.78, 5) is 14.5. The first-order valence-electron chi connectivity index (χ1n) is 6.97. The van der Waals surface area contributed by atoms with Crippen LogP contribution in [0.15, 0.2) is 24.3 Å². The van der Waals surface area contributed by atoms with Gasteiger partial charge in [0.1, 0.15) is 0 Å². The molecule has 0 bridgehead atoms. The summed E-state index contributed by atoms with van der Waals surface area (Å²) in [5.74, 6) is 0.253. The van der Waals surface area contributed by atoms with E-state index in [0.717, 1.165) is 24.9 Å². The van der Waals surface area contributed by atoms with Crippen LogP contribution in [0.2, 0.25) is 0 Å². The summed E-state index contributed by atoms with van der Waals surface area (Å²) in [5, 5.41) is 0. The topological polar surface area (TPSA) is 55.6 Å². The Kier molecular flexibility index (Phi) is 4.80. The number of hydrogen-bond donors (Lipinski definition) is 1. The molecule has 4 heteroatoms. The van der Waals surface area contributed by atoms with Crippen LogP contribution >= 0.6 is 0 Å². The number of rotatable bonds is 4. The molecule has 0 aliphatic carbocycles. The van der Waals surface area contributed by atoms with E-state index in [1.807, 2.05) is 29.2 Å². The van der Waals surface area contributed by atoms with E-state index in [1.54, 1.807) is 0 Å². The van der Waals surface area contributed by atoms with E-state index in [1.165, 1.54) is 0 Å². The molecule has 1 saturated heterocycles. The summed E-state index contributed by atoms with van der Waals surface area (Å²) in [6, 6.07) is 7.57. The third-order valence-corrected chi connectivity index (χ3v) is 3.51. The number of amides is 1. The van der Waals surface area contributed by atoms with Gasteiger partial charge < -0.3 is 15.4 Å². The molecule has 0 atom stereocenters. The van der Waals surface area contributed by atoms with Crippen LogP contribution in [0.25, 0.3) is 0 Å². The SMILES string of the molecule is CCCN(C(=O)C1CCOCC1)c1ccccc1N. The second-order valence-corrected chi connectivity index (χ2v) is 4.94. The Morgan fingerprint density at radius 3 is 2.68 bits per heavy atom. The van der Waals surface area contributed by atoms with E-state index in [2.05, 4.69) is 6.92 Å². The largest absolute Gasteiger partial charge is 0.397 e. The zero-order valence-corrected chi connectivity index (χ0v) is 11.5. The van der Waals surface area contributed by atoms with Crippen LogP contribution in [0.1, 0.15) is 26.2 Å². The van der Waals surface area contributed by atoms with Crippen LogP contribution in [0, 0.1) is 5.92 Å². The molecule has 1 aliphatic heterocycles. The molecule has 0 unspecified atom stereocenters. The standard InChI is InChI=1S/C15H22N2O2/c1-2-9-17(14-6-4-3-5-13(14)16)15(18)12-7-10-19-11-8-12/h3-6,12H,2,7-11,16H2,1H3. The first-order valence-corrected chi connectivity index (χ1v) is 6.97. The van der Waals surface area contributed by atoms with Crippen LogP contribution in [0.3, 0.4) is 0 Å². The molecule has 1 aromatic carbocycles. The fourth-order valence-electron chi connectivity index (χ4n) is 2.47. The number of carbonyl (C=O) groups excluding carboxylic acids is 1. The van der Waals surface area contributed by atoms with Crippen molar-refractivity contribution in [1.82, 2.24) is 0 Å². The Bertz CT molecular complexity index is 428. The molecule has 19 heavy (non-hydrogen) atoms. The van der Waals surface area contributed by atoms with Crippen molar-refractivity contribution in [3.63, 3.8) is 0 Å². The van der Waals surface area contributed by atoms with E-state index in [0.29, 0.717) is 25.4 Å². The van der Waals surface area contributed by atoms with Crippen molar-refractivity contribution in [2.45, 2.75) is 26.2 Å². The second kappa shape index (κ2) is 6.57. The van der Waals surface area contributed by atoms with Gasteiger partial charge in [0.05, 0.1) is 11.4 Å². The molecular weight excluding hydrogens is 240 g/mol. The molecular formula is C15H22N2O2. The molecule has 1 fully saturated rings. The molecule has 1 heterocycles. The van der Waals surface area contributed by atoms with Crippen molar-refractivity contribution in [3.05, 3.63) is 24.3 Å². The summed E-state index contributed by atoms with van der Waals surface area (Å²) in [7, 11) is 0. The maximum absolute atomic E-state index is 12.7. The van der Waals surface area contributed by atoms with Gasteiger partial charge in [-0.1, -0.05) is 19.1 Å². The highest BCUT2D eigenvalue weighted by Gasteiger charge is 2.27. The monoisotopic (exact) mass is 262 g/mol. The normalized spacial score (nSPS) is 16.3. The van der Waals surface area contributed by atoms with Crippen LogP contribution < -0.4 is 10.6 Å². The maximum atomic E-state index is 12.7. The minimum absolute atomic E-state index is 0.0694. The van der Waals surface area contributed by atoms with Gasteiger partial charge in [-0.2, -0.15) is 0 Å². The van der Waals surface area contributed by atoms with Gasteiger partial charge in [0.25, 0.3) is 0 Å². The minimum Gasteiger partial charge on any atom is -0.397 e. The molecule has 2 rings (SSSR count). The van der Waals surface area contributed by atoms with Crippen LogP contribution in [-0.2, 0) is 9.53 Å². The Balaban J connectivity index is 2.19. The molecule has 0 radical (unpaired) electrons. The average molecular weight is 262 g/mol. The molecule has 0 aromatic heterocycles. The highest BCUT2D eigenvalue weighted by atomic mass is 16.5. The van der Waals surface area contributed by atoms with E-state index < -0.39 is 0 Å². The third-order valence-electron chi connectivity index (χ3n) is 3.51. The van der Waals surface area contributed by atoms with Crippen LogP contribution in [-0.4, -0.2) is 25.7 Å². The van der Waals surface area contributed by atoms with E-state index in [9.17, 15) is 4.79 Å². The summed E-state index contributed by atoms with van der Waals surface area (Å²) in [6.45, 7) is 4.15. The number of ether oxygens (including phenoxy) is 1. The van der Waals surface area contributed by atoms with Gasteiger partial charge in [-0.05, 0) is 31.4 Å². The van der Waals surface area contributed by atoms with Crippen molar-refractivity contribution in [1.29, 1.82) is 0 Å². The number of para-hydroxylation sites is 2. The Morgan fingerprint density at radius 2 is 2.05 bits per heavy atom. The molecule has 1 aromatic rings. The maximum Gasteiger partial charge on any atom is 0.230 e. The van der Waals surface area contributed by atoms with Gasteiger partial charge in [-0.3, -0.25) is 4.79 Å². The van der Waals surface area contributed by atoms with Crippen molar-refractivity contribution in [2.75, 3.05) is 30.4 Å². The van der Waals surface area contributed by atoms with E-state index in [-0.39, 0.29) is 11.8 Å². The predicted octanol–water partition coefficient (Wildman–Crippen LogP) is 2.44. The van der Waals surface area contributed by atoms with Crippen molar-refractivity contribution in [3.8, 4) is 0 Å². The summed E-state index contributed by atoms with van der Waals surface area (Å²) in [6.07, 6.45) is 2.54. The summed E-state index contributed by atoms with van der Waals surface area (Å²) in [5.41, 5.74) is 7.50. The predicted molar refractivity (Wildman–Crippen MR) is 77.0 cm³/mol. The van der Waals surface area contributed by atoms with Gasteiger partial charge >= 0.3 is 0 Å². The Morgan fingerprint density at radius 1 is 1.37 bits per heavy atom. The highest BCUT2D eigenvalue weighted by Crippen LogP contribution is 2.27. The quantitative estimate of drug-likeness (QED) is 0.848. The fraction of sp³-hybridized carbons (Fsp3) is 0.533. The van der Waals surface area contributed by atoms with Gasteiger partial charge in [0.2, 0.25) is 5.91 Å². The average Bonchev–Trinajstić information content (AvgIpc) is 2.46. The minimum atomic E-state index is 0.0694. The molecule has 2 N–H and O–H groups in total. The highest BCUT2D eigenvalue weighted by molar-refractivity contribution is 5.97. The first kappa shape index (κ1) is 13.9. The first-order chi connectivity index (χ1) is 9.24. The number of nitrogens with zero attached hydrogens (tertiary/aromatic N) is 1. The zero-order valence-electron chi connectivity index (χ0n) is 11.5. The molecule has 4 nitrogen and oxygen atoms in total. The Hall–Kier alpha value is -1.55. The van der Waals surface area contributed by atoms with E-state index >= 15 is 0 Å². The zero-order chi connectivity index (χ0) is 13.7. The van der Waals surface area contributed by atoms with Crippen molar-refractivity contribution in [2.24, 2.45) is 5.92 Å². The lowest BCUT2D eigenvalue weighted by molar-refractivity contribution is -0.125. The van der Waals surface area contributed by atoms with Gasteiger partial charge in [0, 0.05) is 25.7 Å². The molecule has 1 amide bonds. The van der Waals surface area contributed by atoms with Gasteiger partial charge in [-0.25, -0.2) is 0 Å². The summed E-state index contributed by atoms with van der Waals surface area (Å²) >= 11 is 0. The number of benzene rings is 1. The van der Waals surface area contributed by atoms with Gasteiger partial charge in [0.15, 0.2) is 0 Å². The molecule has 0 spiro atoms. The Labute approximate surface area is 114 Å². The van der Waals surface area contributed by atoms with Gasteiger partial charge in [-0.15, -0.1) is 0 Å². The number of carbonyl (C=O) groups is 1. The lowest BCUT2D eigenvalue weighted by Gasteiger charge is -2.30. The van der Waals surface area contributed by atoms with Crippen molar-refractivity contribution >= 4 is 17.3 Å². The molecule has 104 valence electrons. The fourth-order valence-corrected chi connectivity index (χ4v) is 2.47. The molecule has 1 aliphatic rings. The number of anilines is 2. The lowest BCUT2D eigenvalue weighted by Crippen LogP contribution is -2.39. The van der Waals surface area contributed by atoms with E-state index in [4.69, 9.17) is 10.5 Å². The van der Waals surface area contributed by atoms with Crippen LogP contribution in [0.5, 0.6) is 0 Å². The van der Waals surface area contributed by atoms with Crippen molar-refractivity contribution < 1.29 is 9.53 Å². The number of hydrogen-bond acceptors (Lipinski definition) is 3. The smallest absolute Gasteiger partial charge is 0.230 e. The third kappa shape index (κ3) is 3.26. The number of nitrogen functional groups attached to an aromatic ring is 1. The number of nitrogens with two attached hydrogens (primary N) is 1.